The van der Waals surface area contributed by atoms with E-state index in [9.17, 15) is 4.79 Å². The third kappa shape index (κ3) is 6.25. The van der Waals surface area contributed by atoms with Gasteiger partial charge in [0.2, 0.25) is 5.91 Å². The van der Waals surface area contributed by atoms with Gasteiger partial charge in [-0.15, -0.1) is 6.58 Å². The van der Waals surface area contributed by atoms with Gasteiger partial charge in [-0.2, -0.15) is 0 Å². The molecule has 0 aromatic carbocycles. The zero-order chi connectivity index (χ0) is 11.9. The van der Waals surface area contributed by atoms with E-state index in [2.05, 4.69) is 11.9 Å². The monoisotopic (exact) mass is 214 g/mol. The van der Waals surface area contributed by atoms with Crippen LogP contribution in [-0.2, 0) is 9.53 Å². The molecule has 15 heavy (non-hydrogen) atoms. The van der Waals surface area contributed by atoms with E-state index in [0.717, 1.165) is 6.42 Å². The molecule has 0 aromatic heterocycles. The van der Waals surface area contributed by atoms with Crippen molar-refractivity contribution in [3.8, 4) is 0 Å². The zero-order valence-electron chi connectivity index (χ0n) is 9.88. The van der Waals surface area contributed by atoms with Gasteiger partial charge in [-0.3, -0.25) is 4.79 Å². The van der Waals surface area contributed by atoms with Gasteiger partial charge in [-0.25, -0.2) is 0 Å². The first-order valence-electron chi connectivity index (χ1n) is 5.22. The minimum atomic E-state index is -0.473. The number of nitrogens with one attached hydrogen (secondary N) is 1. The summed E-state index contributed by atoms with van der Waals surface area (Å²) < 4.78 is 5.39. The first-order chi connectivity index (χ1) is 6.93. The van der Waals surface area contributed by atoms with Crippen molar-refractivity contribution in [2.45, 2.75) is 38.8 Å². The van der Waals surface area contributed by atoms with Crippen LogP contribution in [0.5, 0.6) is 0 Å². The second kappa shape index (κ2) is 6.58. The molecule has 0 rings (SSSR count). The van der Waals surface area contributed by atoms with E-state index in [-0.39, 0.29) is 11.4 Å². The predicted molar refractivity (Wildman–Crippen MR) is 61.5 cm³/mol. The summed E-state index contributed by atoms with van der Waals surface area (Å²) in [5.41, 5.74) is 5.52. The number of carbonyl (C=O) groups excluding carboxylic acids is 1. The Morgan fingerprint density at radius 1 is 1.73 bits per heavy atom. The van der Waals surface area contributed by atoms with Crippen molar-refractivity contribution in [1.82, 2.24) is 5.32 Å². The summed E-state index contributed by atoms with van der Waals surface area (Å²) in [6, 6.07) is 0. The van der Waals surface area contributed by atoms with Gasteiger partial charge < -0.3 is 15.8 Å². The quantitative estimate of drug-likeness (QED) is 0.617. The fourth-order valence-electron chi connectivity index (χ4n) is 0.810. The zero-order valence-corrected chi connectivity index (χ0v) is 9.88. The standard InChI is InChI=1S/C11H22N2O2/c1-5-7-13-10(14)9(3)15-8-11(4,12)6-2/h5,9H,1,6-8,12H2,2-4H3,(H,13,14). The Kier molecular flexibility index (Phi) is 6.20. The highest BCUT2D eigenvalue weighted by molar-refractivity contribution is 5.80. The van der Waals surface area contributed by atoms with Gasteiger partial charge in [0.05, 0.1) is 6.61 Å². The number of ether oxygens (including phenoxy) is 1. The molecule has 0 aromatic rings. The normalized spacial score (nSPS) is 16.5. The van der Waals surface area contributed by atoms with Crippen LogP contribution in [0, 0.1) is 0 Å². The SMILES string of the molecule is C=CCNC(=O)C(C)OCC(C)(N)CC. The number of hydrogen-bond acceptors (Lipinski definition) is 3. The summed E-state index contributed by atoms with van der Waals surface area (Å²) in [6.07, 6.45) is 1.97. The lowest BCUT2D eigenvalue weighted by molar-refractivity contribution is -0.132. The van der Waals surface area contributed by atoms with Crippen LogP contribution in [0.25, 0.3) is 0 Å². The molecule has 0 aliphatic rings. The highest BCUT2D eigenvalue weighted by atomic mass is 16.5. The van der Waals surface area contributed by atoms with Crippen molar-refractivity contribution < 1.29 is 9.53 Å². The van der Waals surface area contributed by atoms with Crippen LogP contribution in [0.1, 0.15) is 27.2 Å². The van der Waals surface area contributed by atoms with Gasteiger partial charge >= 0.3 is 0 Å². The van der Waals surface area contributed by atoms with E-state index < -0.39 is 6.10 Å². The lowest BCUT2D eigenvalue weighted by atomic mass is 10.0. The van der Waals surface area contributed by atoms with E-state index in [0.29, 0.717) is 13.2 Å². The van der Waals surface area contributed by atoms with Crippen LogP contribution in [0.15, 0.2) is 12.7 Å². The summed E-state index contributed by atoms with van der Waals surface area (Å²) in [6.45, 7) is 9.96. The third-order valence-corrected chi connectivity index (χ3v) is 2.26. The molecule has 0 spiro atoms. The van der Waals surface area contributed by atoms with Crippen LogP contribution < -0.4 is 11.1 Å². The summed E-state index contributed by atoms with van der Waals surface area (Å²) in [5.74, 6) is -0.137. The van der Waals surface area contributed by atoms with Crippen LogP contribution in [-0.4, -0.2) is 30.7 Å². The maximum absolute atomic E-state index is 11.4. The number of amides is 1. The summed E-state index contributed by atoms with van der Waals surface area (Å²) >= 11 is 0. The van der Waals surface area contributed by atoms with Crippen molar-refractivity contribution >= 4 is 5.91 Å². The molecule has 2 atom stereocenters. The van der Waals surface area contributed by atoms with Crippen LogP contribution in [0.4, 0.5) is 0 Å². The molecule has 0 bridgehead atoms. The average molecular weight is 214 g/mol. The summed E-state index contributed by atoms with van der Waals surface area (Å²) in [4.78, 5) is 11.4. The van der Waals surface area contributed by atoms with E-state index in [1.54, 1.807) is 13.0 Å². The van der Waals surface area contributed by atoms with E-state index in [1.807, 2.05) is 13.8 Å². The molecule has 0 aliphatic carbocycles. The molecule has 0 saturated carbocycles. The molecule has 4 heteroatoms. The minimum absolute atomic E-state index is 0.137. The average Bonchev–Trinajstić information content (AvgIpc) is 2.22. The Morgan fingerprint density at radius 2 is 2.33 bits per heavy atom. The van der Waals surface area contributed by atoms with Gasteiger partial charge in [-0.05, 0) is 20.3 Å². The molecule has 0 saturated heterocycles. The summed E-state index contributed by atoms with van der Waals surface area (Å²) in [5, 5.41) is 2.66. The van der Waals surface area contributed by atoms with Crippen LogP contribution in [0.2, 0.25) is 0 Å². The minimum Gasteiger partial charge on any atom is -0.367 e. The van der Waals surface area contributed by atoms with E-state index >= 15 is 0 Å². The van der Waals surface area contributed by atoms with Gasteiger partial charge in [0.15, 0.2) is 0 Å². The second-order valence-corrected chi connectivity index (χ2v) is 3.99. The Balaban J connectivity index is 3.87. The second-order valence-electron chi connectivity index (χ2n) is 3.99. The predicted octanol–water partition coefficient (Wildman–Crippen LogP) is 0.821. The van der Waals surface area contributed by atoms with Gasteiger partial charge in [0, 0.05) is 12.1 Å². The van der Waals surface area contributed by atoms with Gasteiger partial charge in [0.1, 0.15) is 6.10 Å². The van der Waals surface area contributed by atoms with E-state index in [1.165, 1.54) is 0 Å². The molecule has 0 aliphatic heterocycles. The van der Waals surface area contributed by atoms with Crippen molar-refractivity contribution in [2.75, 3.05) is 13.2 Å². The van der Waals surface area contributed by atoms with Crippen molar-refractivity contribution in [3.05, 3.63) is 12.7 Å². The highest BCUT2D eigenvalue weighted by Crippen LogP contribution is 2.06. The number of nitrogens with two attached hydrogens (primary N) is 1. The van der Waals surface area contributed by atoms with Crippen molar-refractivity contribution in [2.24, 2.45) is 5.73 Å². The molecule has 2 unspecified atom stereocenters. The molecule has 88 valence electrons. The van der Waals surface area contributed by atoms with Crippen LogP contribution in [0.3, 0.4) is 0 Å². The number of carbonyl (C=O) groups is 1. The van der Waals surface area contributed by atoms with Crippen molar-refractivity contribution in [3.63, 3.8) is 0 Å². The van der Waals surface area contributed by atoms with Crippen molar-refractivity contribution in [1.29, 1.82) is 0 Å². The molecule has 0 radical (unpaired) electrons. The first kappa shape index (κ1) is 14.1. The molecule has 3 N–H and O–H groups in total. The summed E-state index contributed by atoms with van der Waals surface area (Å²) in [7, 11) is 0. The van der Waals surface area contributed by atoms with Gasteiger partial charge in [-0.1, -0.05) is 13.0 Å². The highest BCUT2D eigenvalue weighted by Gasteiger charge is 2.20. The topological polar surface area (TPSA) is 64.3 Å². The molecule has 4 nitrogen and oxygen atoms in total. The maximum Gasteiger partial charge on any atom is 0.249 e. The lowest BCUT2D eigenvalue weighted by Gasteiger charge is -2.24. The molecule has 0 heterocycles. The van der Waals surface area contributed by atoms with Crippen LogP contribution >= 0.6 is 0 Å². The fourth-order valence-corrected chi connectivity index (χ4v) is 0.810. The first-order valence-corrected chi connectivity index (χ1v) is 5.22. The van der Waals surface area contributed by atoms with E-state index in [4.69, 9.17) is 10.5 Å². The Hall–Kier alpha value is -0.870. The Morgan fingerprint density at radius 3 is 2.80 bits per heavy atom. The Labute approximate surface area is 91.9 Å². The number of hydrogen-bond donors (Lipinski definition) is 2. The van der Waals surface area contributed by atoms with Gasteiger partial charge in [0.25, 0.3) is 0 Å². The Bertz CT molecular complexity index is 215. The molecular formula is C11H22N2O2. The largest absolute Gasteiger partial charge is 0.367 e. The smallest absolute Gasteiger partial charge is 0.249 e. The maximum atomic E-state index is 11.4. The third-order valence-electron chi connectivity index (χ3n) is 2.26. The molecule has 1 amide bonds. The molecular weight excluding hydrogens is 192 g/mol. The molecule has 0 fully saturated rings. The fraction of sp³-hybridized carbons (Fsp3) is 0.727. The number of rotatable bonds is 7. The lowest BCUT2D eigenvalue weighted by Crippen LogP contribution is -2.44.